The average Bonchev–Trinajstić information content (AvgIpc) is 3.85. The summed E-state index contributed by atoms with van der Waals surface area (Å²) < 4.78 is 87.7. The second-order valence-corrected chi connectivity index (χ2v) is 18.2. The zero-order valence-electron chi connectivity index (χ0n) is 39.2. The van der Waals surface area contributed by atoms with E-state index in [9.17, 15) is 56.7 Å². The zero-order valence-corrected chi connectivity index (χ0v) is 39.2. The van der Waals surface area contributed by atoms with Crippen LogP contribution in [0.3, 0.4) is 0 Å². The number of carbonyl (C=O) groups is 2. The lowest BCUT2D eigenvalue weighted by atomic mass is 9.94. The van der Waals surface area contributed by atoms with E-state index >= 15 is 0 Å². The summed E-state index contributed by atoms with van der Waals surface area (Å²) in [5.74, 6) is -0.348. The quantitative estimate of drug-likeness (QED) is 0.0821. The maximum Gasteiger partial charge on any atom is 0.416 e. The van der Waals surface area contributed by atoms with Gasteiger partial charge in [0.1, 0.15) is 0 Å². The van der Waals surface area contributed by atoms with E-state index in [1.165, 1.54) is 65.4 Å². The van der Waals surface area contributed by atoms with E-state index in [0.29, 0.717) is 63.8 Å². The van der Waals surface area contributed by atoms with Crippen molar-refractivity contribution in [1.82, 2.24) is 18.9 Å². The van der Waals surface area contributed by atoms with Crippen molar-refractivity contribution in [1.29, 1.82) is 10.5 Å². The van der Waals surface area contributed by atoms with Crippen LogP contribution < -0.4 is 9.80 Å². The smallest absolute Gasteiger partial charge is 0.416 e. The minimum atomic E-state index is -4.71. The Balaban J connectivity index is 1.09. The van der Waals surface area contributed by atoms with Gasteiger partial charge in [0.2, 0.25) is 0 Å². The van der Waals surface area contributed by atoms with Crippen molar-refractivity contribution in [3.63, 3.8) is 0 Å². The normalized spacial score (nSPS) is 16.2. The fourth-order valence-electron chi connectivity index (χ4n) is 9.67. The molecule has 0 spiro atoms. The number of hydrogen-bond acceptors (Lipinski definition) is 6. The number of urea groups is 2. The number of aromatic hydroxyl groups is 2. The van der Waals surface area contributed by atoms with E-state index in [0.717, 1.165) is 24.3 Å². The van der Waals surface area contributed by atoms with Crippen molar-refractivity contribution in [2.75, 3.05) is 50.1 Å². The fraction of sp³-hybridized carbons (Fsp3) is 0.308. The van der Waals surface area contributed by atoms with Crippen LogP contribution in [0.25, 0.3) is 0 Å². The van der Waals surface area contributed by atoms with Crippen molar-refractivity contribution in [2.24, 2.45) is 0 Å². The average molecular weight is 979 g/mol. The Labute approximate surface area is 406 Å². The van der Waals surface area contributed by atoms with Crippen LogP contribution in [0.15, 0.2) is 109 Å². The van der Waals surface area contributed by atoms with Crippen molar-refractivity contribution in [3.8, 4) is 23.9 Å². The van der Waals surface area contributed by atoms with Crippen LogP contribution in [0.2, 0.25) is 0 Å². The van der Waals surface area contributed by atoms with Crippen LogP contribution in [-0.2, 0) is 25.4 Å². The van der Waals surface area contributed by atoms with Gasteiger partial charge < -0.3 is 33.6 Å². The summed E-state index contributed by atoms with van der Waals surface area (Å²) in [5, 5.41) is 42.6. The fourth-order valence-corrected chi connectivity index (χ4v) is 9.67. The van der Waals surface area contributed by atoms with Gasteiger partial charge in [-0.15, -0.1) is 0 Å². The SMILES string of the molecule is CCn1cc2c(c1O)[C@@H](c1ccc(C#N)cc1)N(CCC[N+](C)(C)CCCN1C(=O)N(c3cccc(C(F)(F)F)c3)c3cn(CC)c(O)c3[C@H]1c1ccc(C#N)cc1)C(=O)N2c1cccc(C(F)(F)F)c1. The molecule has 0 saturated carbocycles. The second kappa shape index (κ2) is 19.1. The number of amides is 4. The third kappa shape index (κ3) is 9.45. The summed E-state index contributed by atoms with van der Waals surface area (Å²) in [7, 11) is 3.90. The van der Waals surface area contributed by atoms with E-state index < -0.39 is 47.6 Å². The molecule has 13 nitrogen and oxygen atoms in total. The molecule has 8 rings (SSSR count). The molecule has 19 heteroatoms. The molecule has 71 heavy (non-hydrogen) atoms. The maximum atomic E-state index is 14.9. The van der Waals surface area contributed by atoms with Crippen molar-refractivity contribution in [3.05, 3.63) is 154 Å². The van der Waals surface area contributed by atoms with Crippen LogP contribution >= 0.6 is 0 Å². The first-order chi connectivity index (χ1) is 33.7. The van der Waals surface area contributed by atoms with Gasteiger partial charge in [0.05, 0.1) is 108 Å². The Bertz CT molecular complexity index is 2850. The standard InChI is InChI=1S/C52H49F6N9O4/c1-5-61-31-41-43(47(61)68)45(35-19-15-33(29-59)16-20-35)63(49(70)65(41)39-13-7-11-37(27-39)51(53,54)55)23-9-25-67(3,4)26-10-24-64-46(36-21-17-34(30-60)18-22-36)44-42(32-62(6-2)48(44)69)66(50(64)71)40-14-8-12-38(28-40)52(56,57)58/h7-8,11-22,27-28,31-32,45-46H,5-6,9-10,23-26H2,1-4H3,(H-,68,69)/p+1/t45-,46-/m1/s1. The van der Waals surface area contributed by atoms with Crippen molar-refractivity contribution in [2.45, 2.75) is 64.2 Å². The van der Waals surface area contributed by atoms with Gasteiger partial charge in [-0.25, -0.2) is 9.59 Å². The number of quaternary nitrogens is 1. The first-order valence-corrected chi connectivity index (χ1v) is 22.9. The summed E-state index contributed by atoms with van der Waals surface area (Å²) in [5.41, 5.74) is 0.829. The lowest BCUT2D eigenvalue weighted by molar-refractivity contribution is -0.890. The third-order valence-electron chi connectivity index (χ3n) is 13.2. The van der Waals surface area contributed by atoms with Crippen molar-refractivity contribution < 1.29 is 50.6 Å². The molecule has 0 radical (unpaired) electrons. The van der Waals surface area contributed by atoms with Crippen molar-refractivity contribution >= 4 is 34.8 Å². The number of fused-ring (bicyclic) bond motifs is 2. The molecule has 2 N–H and O–H groups in total. The zero-order chi connectivity index (χ0) is 51.2. The summed E-state index contributed by atoms with van der Waals surface area (Å²) in [6, 6.07) is 23.0. The van der Waals surface area contributed by atoms with Gasteiger partial charge in [0.25, 0.3) is 0 Å². The Morgan fingerprint density at radius 2 is 0.958 bits per heavy atom. The highest BCUT2D eigenvalue weighted by Crippen LogP contribution is 2.51. The summed E-state index contributed by atoms with van der Waals surface area (Å²) in [4.78, 5) is 35.2. The second-order valence-electron chi connectivity index (χ2n) is 18.2. The molecule has 4 aromatic carbocycles. The van der Waals surface area contributed by atoms with Gasteiger partial charge in [-0.1, -0.05) is 36.4 Å². The largest absolute Gasteiger partial charge is 0.494 e. The molecule has 0 unspecified atom stereocenters. The minimum Gasteiger partial charge on any atom is -0.494 e. The molecule has 2 atom stereocenters. The number of halogens is 6. The predicted molar refractivity (Wildman–Crippen MR) is 252 cm³/mol. The van der Waals surface area contributed by atoms with Gasteiger partial charge >= 0.3 is 24.4 Å². The molecule has 6 aromatic rings. The van der Waals surface area contributed by atoms with Crippen LogP contribution in [0.4, 0.5) is 58.7 Å². The van der Waals surface area contributed by atoms with Gasteiger partial charge in [0.15, 0.2) is 11.8 Å². The van der Waals surface area contributed by atoms with Crippen LogP contribution in [-0.4, -0.2) is 86.0 Å². The molecule has 4 amide bonds. The molecule has 0 aliphatic carbocycles. The monoisotopic (exact) mass is 978 g/mol. The van der Waals surface area contributed by atoms with Crippen LogP contribution in [0.1, 0.15) is 83.3 Å². The van der Waals surface area contributed by atoms with Gasteiger partial charge in [-0.2, -0.15) is 36.9 Å². The molecule has 0 fully saturated rings. The number of nitrogens with zero attached hydrogens (tertiary/aromatic N) is 9. The highest BCUT2D eigenvalue weighted by Gasteiger charge is 2.46. The number of hydrogen-bond donors (Lipinski definition) is 2. The first kappa shape index (κ1) is 49.5. The van der Waals surface area contributed by atoms with E-state index in [2.05, 4.69) is 12.1 Å². The molecule has 0 bridgehead atoms. The van der Waals surface area contributed by atoms with Gasteiger partial charge in [-0.05, 0) is 85.6 Å². The highest BCUT2D eigenvalue weighted by atomic mass is 19.4. The number of nitriles is 2. The summed E-state index contributed by atoms with van der Waals surface area (Å²) in [6.45, 7) is 5.15. The number of anilines is 4. The highest BCUT2D eigenvalue weighted by molar-refractivity contribution is 6.04. The lowest BCUT2D eigenvalue weighted by Gasteiger charge is -2.42. The number of alkyl halides is 6. The Morgan fingerprint density at radius 3 is 1.28 bits per heavy atom. The Hall–Kier alpha value is -7.90. The van der Waals surface area contributed by atoms with Gasteiger partial charge in [-0.3, -0.25) is 9.80 Å². The third-order valence-corrected chi connectivity index (χ3v) is 13.2. The number of aromatic nitrogens is 2. The molecule has 368 valence electrons. The molecule has 2 aliphatic heterocycles. The molecule has 0 saturated heterocycles. The topological polar surface area (TPSA) is 145 Å². The van der Waals surface area contributed by atoms with Crippen LogP contribution in [0, 0.1) is 22.7 Å². The molecular weight excluding hydrogens is 929 g/mol. The first-order valence-electron chi connectivity index (χ1n) is 22.9. The number of benzene rings is 4. The number of carbonyl (C=O) groups excluding carboxylic acids is 2. The predicted octanol–water partition coefficient (Wildman–Crippen LogP) is 11.4. The minimum absolute atomic E-state index is 0.0522. The lowest BCUT2D eigenvalue weighted by Crippen LogP contribution is -2.50. The van der Waals surface area contributed by atoms with E-state index in [1.807, 2.05) is 14.1 Å². The Kier molecular flexibility index (Phi) is 13.3. The number of rotatable bonds is 14. The molecule has 4 heterocycles. The van der Waals surface area contributed by atoms with E-state index in [4.69, 9.17) is 0 Å². The Morgan fingerprint density at radius 1 is 0.592 bits per heavy atom. The number of aryl methyl sites for hydroxylation is 2. The van der Waals surface area contributed by atoms with E-state index in [-0.39, 0.29) is 60.7 Å². The van der Waals surface area contributed by atoms with Crippen LogP contribution in [0.5, 0.6) is 11.8 Å². The molecule has 2 aliphatic rings. The summed E-state index contributed by atoms with van der Waals surface area (Å²) in [6.07, 6.45) is -5.62. The summed E-state index contributed by atoms with van der Waals surface area (Å²) >= 11 is 0. The maximum absolute atomic E-state index is 14.9. The molecular formula is C52H50F6N9O4+. The van der Waals surface area contributed by atoms with E-state index in [1.54, 1.807) is 62.4 Å². The molecule has 2 aromatic heterocycles. The van der Waals surface area contributed by atoms with Gasteiger partial charge in [0, 0.05) is 51.4 Å².